The van der Waals surface area contributed by atoms with E-state index in [1.54, 1.807) is 0 Å². The predicted molar refractivity (Wildman–Crippen MR) is 75.0 cm³/mol. The van der Waals surface area contributed by atoms with Gasteiger partial charge < -0.3 is 9.47 Å². The minimum absolute atomic E-state index is 0.419. The number of fused-ring (bicyclic) bond motifs is 3. The molecule has 20 heavy (non-hydrogen) atoms. The summed E-state index contributed by atoms with van der Waals surface area (Å²) in [7, 11) is 2.10. The lowest BCUT2D eigenvalue weighted by Gasteiger charge is -2.12. The molecule has 2 aromatic rings. The molecule has 4 heteroatoms. The molecule has 1 saturated carbocycles. The highest BCUT2D eigenvalue weighted by molar-refractivity contribution is 5.87. The first kappa shape index (κ1) is 12.3. The van der Waals surface area contributed by atoms with Gasteiger partial charge in [-0.05, 0) is 37.4 Å². The van der Waals surface area contributed by atoms with Gasteiger partial charge in [-0.1, -0.05) is 0 Å². The van der Waals surface area contributed by atoms with Crippen molar-refractivity contribution in [2.45, 2.75) is 31.7 Å². The predicted octanol–water partition coefficient (Wildman–Crippen LogP) is 3.28. The number of rotatable bonds is 1. The Bertz CT molecular complexity index is 686. The van der Waals surface area contributed by atoms with Crippen molar-refractivity contribution in [3.63, 3.8) is 0 Å². The standard InChI is InChI=1S/C16H18F2N2/c1-19-5-4-14-15(10-2-3-10)12-8-11(17)9-13(18)16(12)20(14)7-6-19/h8-10H,2-7H2,1H3. The SMILES string of the molecule is CN1CCc2c(C3CC3)c3cc(F)cc(F)c3n2CC1. The van der Waals surface area contributed by atoms with E-state index in [9.17, 15) is 8.78 Å². The summed E-state index contributed by atoms with van der Waals surface area (Å²) in [6.07, 6.45) is 3.23. The maximum Gasteiger partial charge on any atom is 0.150 e. The minimum Gasteiger partial charge on any atom is -0.341 e. The van der Waals surface area contributed by atoms with Crippen LogP contribution in [0.25, 0.3) is 10.9 Å². The summed E-state index contributed by atoms with van der Waals surface area (Å²) < 4.78 is 30.0. The van der Waals surface area contributed by atoms with Crippen molar-refractivity contribution in [2.24, 2.45) is 0 Å². The van der Waals surface area contributed by atoms with Crippen LogP contribution in [0.5, 0.6) is 0 Å². The molecular formula is C16H18F2N2. The van der Waals surface area contributed by atoms with Gasteiger partial charge in [0.15, 0.2) is 0 Å². The van der Waals surface area contributed by atoms with E-state index in [2.05, 4.69) is 16.5 Å². The highest BCUT2D eigenvalue weighted by atomic mass is 19.1. The molecule has 1 fully saturated rings. The Balaban J connectivity index is 2.02. The third kappa shape index (κ3) is 1.78. The third-order valence-electron chi connectivity index (χ3n) is 4.65. The number of aromatic nitrogens is 1. The zero-order chi connectivity index (χ0) is 13.9. The van der Waals surface area contributed by atoms with E-state index >= 15 is 0 Å². The van der Waals surface area contributed by atoms with E-state index in [-0.39, 0.29) is 0 Å². The zero-order valence-electron chi connectivity index (χ0n) is 11.6. The fourth-order valence-corrected chi connectivity index (χ4v) is 3.50. The lowest BCUT2D eigenvalue weighted by molar-refractivity contribution is 0.342. The Hall–Kier alpha value is -1.42. The molecular weight excluding hydrogens is 258 g/mol. The van der Waals surface area contributed by atoms with Crippen LogP contribution >= 0.6 is 0 Å². The normalized spacial score (nSPS) is 20.1. The Kier molecular flexibility index (Phi) is 2.64. The van der Waals surface area contributed by atoms with Gasteiger partial charge in [-0.3, -0.25) is 0 Å². The lowest BCUT2D eigenvalue weighted by atomic mass is 10.0. The fraction of sp³-hybridized carbons (Fsp3) is 0.500. The van der Waals surface area contributed by atoms with E-state index in [1.165, 1.54) is 17.3 Å². The third-order valence-corrected chi connectivity index (χ3v) is 4.65. The summed E-state index contributed by atoms with van der Waals surface area (Å²) in [5.74, 6) is -0.370. The molecule has 106 valence electrons. The molecule has 0 radical (unpaired) electrons. The second-order valence-electron chi connectivity index (χ2n) is 6.12. The number of benzene rings is 1. The first-order valence-electron chi connectivity index (χ1n) is 7.33. The summed E-state index contributed by atoms with van der Waals surface area (Å²) in [5.41, 5.74) is 3.06. The van der Waals surface area contributed by atoms with Gasteiger partial charge in [-0.15, -0.1) is 0 Å². The first-order valence-corrected chi connectivity index (χ1v) is 7.33. The number of likely N-dealkylation sites (N-methyl/N-ethyl adjacent to an activating group) is 1. The van der Waals surface area contributed by atoms with E-state index in [0.29, 0.717) is 11.4 Å². The van der Waals surface area contributed by atoms with Crippen LogP contribution in [-0.2, 0) is 13.0 Å². The van der Waals surface area contributed by atoms with E-state index < -0.39 is 11.6 Å². The maximum absolute atomic E-state index is 14.3. The Morgan fingerprint density at radius 1 is 1.10 bits per heavy atom. The Labute approximate surface area is 117 Å². The second-order valence-corrected chi connectivity index (χ2v) is 6.12. The molecule has 0 N–H and O–H groups in total. The molecule has 4 rings (SSSR count). The Morgan fingerprint density at radius 3 is 2.65 bits per heavy atom. The van der Waals surface area contributed by atoms with E-state index in [1.807, 2.05) is 0 Å². The second kappa shape index (κ2) is 4.29. The van der Waals surface area contributed by atoms with Gasteiger partial charge in [0.25, 0.3) is 0 Å². The van der Waals surface area contributed by atoms with Gasteiger partial charge in [-0.25, -0.2) is 8.78 Å². The van der Waals surface area contributed by atoms with Gasteiger partial charge in [0, 0.05) is 43.2 Å². The van der Waals surface area contributed by atoms with Gasteiger partial charge in [0.2, 0.25) is 0 Å². The molecule has 1 aromatic heterocycles. The van der Waals surface area contributed by atoms with Crippen LogP contribution in [0.1, 0.15) is 30.0 Å². The van der Waals surface area contributed by atoms with Gasteiger partial charge in [-0.2, -0.15) is 0 Å². The van der Waals surface area contributed by atoms with Crippen molar-refractivity contribution in [3.8, 4) is 0 Å². The van der Waals surface area contributed by atoms with Crippen LogP contribution < -0.4 is 0 Å². The Morgan fingerprint density at radius 2 is 1.90 bits per heavy atom. The number of halogens is 2. The summed E-state index contributed by atoms with van der Waals surface area (Å²) >= 11 is 0. The minimum atomic E-state index is -0.463. The van der Waals surface area contributed by atoms with Crippen molar-refractivity contribution in [3.05, 3.63) is 35.0 Å². The van der Waals surface area contributed by atoms with E-state index in [0.717, 1.165) is 50.3 Å². The highest BCUT2D eigenvalue weighted by Crippen LogP contribution is 2.47. The lowest BCUT2D eigenvalue weighted by Crippen LogP contribution is -2.21. The van der Waals surface area contributed by atoms with Crippen molar-refractivity contribution in [1.82, 2.24) is 9.47 Å². The number of hydrogen-bond acceptors (Lipinski definition) is 1. The van der Waals surface area contributed by atoms with Crippen molar-refractivity contribution >= 4 is 10.9 Å². The molecule has 2 nitrogen and oxygen atoms in total. The number of hydrogen-bond donors (Lipinski definition) is 0. The van der Waals surface area contributed by atoms with Gasteiger partial charge in [0.1, 0.15) is 11.6 Å². The van der Waals surface area contributed by atoms with Crippen LogP contribution in [0.15, 0.2) is 12.1 Å². The monoisotopic (exact) mass is 276 g/mol. The summed E-state index contributed by atoms with van der Waals surface area (Å²) in [6, 6.07) is 2.54. The molecule has 0 spiro atoms. The molecule has 2 aliphatic rings. The summed E-state index contributed by atoms with van der Waals surface area (Å²) in [6.45, 7) is 2.69. The van der Waals surface area contributed by atoms with Crippen LogP contribution in [0.2, 0.25) is 0 Å². The topological polar surface area (TPSA) is 8.17 Å². The molecule has 0 amide bonds. The zero-order valence-corrected chi connectivity index (χ0v) is 11.6. The molecule has 2 heterocycles. The highest BCUT2D eigenvalue weighted by Gasteiger charge is 2.33. The molecule has 1 aliphatic carbocycles. The van der Waals surface area contributed by atoms with E-state index in [4.69, 9.17) is 0 Å². The largest absolute Gasteiger partial charge is 0.341 e. The number of nitrogens with zero attached hydrogens (tertiary/aromatic N) is 2. The molecule has 0 bridgehead atoms. The molecule has 0 saturated heterocycles. The van der Waals surface area contributed by atoms with Crippen molar-refractivity contribution in [2.75, 3.05) is 20.1 Å². The first-order chi connectivity index (χ1) is 9.65. The molecule has 1 aromatic carbocycles. The average Bonchev–Trinajstić information content (AvgIpc) is 3.18. The van der Waals surface area contributed by atoms with Gasteiger partial charge in [0.05, 0.1) is 5.52 Å². The van der Waals surface area contributed by atoms with Crippen LogP contribution in [0.3, 0.4) is 0 Å². The molecule has 1 aliphatic heterocycles. The van der Waals surface area contributed by atoms with Crippen LogP contribution in [0, 0.1) is 11.6 Å². The fourth-order valence-electron chi connectivity index (χ4n) is 3.50. The summed E-state index contributed by atoms with van der Waals surface area (Å²) in [4.78, 5) is 2.27. The molecule has 0 unspecified atom stereocenters. The van der Waals surface area contributed by atoms with Crippen molar-refractivity contribution in [1.29, 1.82) is 0 Å². The average molecular weight is 276 g/mol. The van der Waals surface area contributed by atoms with Crippen molar-refractivity contribution < 1.29 is 8.78 Å². The van der Waals surface area contributed by atoms with Crippen LogP contribution in [0.4, 0.5) is 8.78 Å². The molecule has 0 atom stereocenters. The maximum atomic E-state index is 14.3. The van der Waals surface area contributed by atoms with Crippen LogP contribution in [-0.4, -0.2) is 29.6 Å². The summed E-state index contributed by atoms with van der Waals surface area (Å²) in [5, 5.41) is 0.810. The quantitative estimate of drug-likeness (QED) is 0.776. The smallest absolute Gasteiger partial charge is 0.150 e. The van der Waals surface area contributed by atoms with Gasteiger partial charge >= 0.3 is 0 Å².